The summed E-state index contributed by atoms with van der Waals surface area (Å²) in [5, 5.41) is 1.16. The molecule has 4 aliphatic rings. The van der Waals surface area contributed by atoms with Crippen molar-refractivity contribution in [3.63, 3.8) is 0 Å². The van der Waals surface area contributed by atoms with E-state index in [2.05, 4.69) is 92.1 Å². The lowest BCUT2D eigenvalue weighted by molar-refractivity contribution is -0.139. The zero-order valence-corrected chi connectivity index (χ0v) is 109. The molecule has 138 heavy (non-hydrogen) atoms. The Morgan fingerprint density at radius 3 is 0.978 bits per heavy atom. The summed E-state index contributed by atoms with van der Waals surface area (Å²) in [6.45, 7) is 63.1. The van der Waals surface area contributed by atoms with E-state index in [4.69, 9.17) is 139 Å². The number of benzene rings is 1. The molecule has 5 rings (SSSR count). The first-order chi connectivity index (χ1) is 64.3. The van der Waals surface area contributed by atoms with Gasteiger partial charge in [0.2, 0.25) is 0 Å². The largest absolute Gasteiger partial charge is 0.463 e. The van der Waals surface area contributed by atoms with Crippen LogP contribution in [0.3, 0.4) is 0 Å². The van der Waals surface area contributed by atoms with Gasteiger partial charge in [0.25, 0.3) is 0 Å². The molecule has 3 aliphatic heterocycles. The van der Waals surface area contributed by atoms with E-state index < -0.39 is 112 Å². The third kappa shape index (κ3) is 95.0. The molecular formula is C92H212O33Si13. The van der Waals surface area contributed by atoms with E-state index >= 15 is 0 Å². The van der Waals surface area contributed by atoms with Crippen LogP contribution >= 0.6 is 0 Å². The van der Waals surface area contributed by atoms with E-state index in [1.807, 2.05) is 103 Å². The van der Waals surface area contributed by atoms with E-state index in [1.165, 1.54) is 64.2 Å². The number of hydrogen-bond donors (Lipinski definition) is 0. The normalized spacial score (nSPS) is 16.1. The summed E-state index contributed by atoms with van der Waals surface area (Å²) in [6.07, 6.45) is 18.3. The van der Waals surface area contributed by atoms with Crippen LogP contribution in [0.2, 0.25) is 167 Å². The highest BCUT2D eigenvalue weighted by Gasteiger charge is 2.45. The van der Waals surface area contributed by atoms with Crippen LogP contribution in [0.15, 0.2) is 55.1 Å². The number of carbonyl (C=O) groups is 2. The summed E-state index contributed by atoms with van der Waals surface area (Å²) in [5.74, 6) is 0.113. The molecule has 0 amide bonds. The Kier molecular flexibility index (Phi) is 98.6. The Bertz CT molecular complexity index is 2850. The summed E-state index contributed by atoms with van der Waals surface area (Å²) in [7, 11) is 15.8. The molecule has 33 nitrogen and oxygen atoms in total. The van der Waals surface area contributed by atoms with Gasteiger partial charge in [-0.1, -0.05) is 82.5 Å². The summed E-state index contributed by atoms with van der Waals surface area (Å²) < 4.78 is 162. The van der Waals surface area contributed by atoms with Gasteiger partial charge in [0.15, 0.2) is 16.6 Å². The Hall–Kier alpha value is -0.701. The van der Waals surface area contributed by atoms with Crippen LogP contribution in [0.1, 0.15) is 111 Å². The van der Waals surface area contributed by atoms with Gasteiger partial charge in [0.1, 0.15) is 12.2 Å². The summed E-state index contributed by atoms with van der Waals surface area (Å²) in [6, 6.07) is 15.9. The van der Waals surface area contributed by atoms with Crippen LogP contribution in [0, 0.1) is 5.92 Å². The third-order valence-electron chi connectivity index (χ3n) is 22.9. The minimum absolute atomic E-state index is 0.340. The number of fused-ring (bicyclic) bond motifs is 1. The maximum Gasteiger partial charge on any atom is 0.368 e. The summed E-state index contributed by atoms with van der Waals surface area (Å²) in [5.41, 5.74) is 0.425. The number of esters is 2. The van der Waals surface area contributed by atoms with Gasteiger partial charge in [-0.25, -0.2) is 9.59 Å². The van der Waals surface area contributed by atoms with Crippen LogP contribution in [-0.2, 0) is 149 Å². The van der Waals surface area contributed by atoms with E-state index in [1.54, 1.807) is 163 Å². The number of rotatable bonds is 58. The fourth-order valence-electron chi connectivity index (χ4n) is 10.0. The molecule has 46 heteroatoms. The second-order valence-electron chi connectivity index (χ2n) is 36.8. The molecule has 830 valence electrons. The molecule has 5 atom stereocenters. The van der Waals surface area contributed by atoms with Crippen LogP contribution in [-0.4, -0.2) is 370 Å². The average Bonchev–Trinajstić information content (AvgIpc) is 1.29. The quantitative estimate of drug-likeness (QED) is 0.0192. The van der Waals surface area contributed by atoms with Crippen molar-refractivity contribution in [1.29, 1.82) is 0 Å². The van der Waals surface area contributed by atoms with Crippen molar-refractivity contribution in [3.8, 4) is 0 Å². The van der Waals surface area contributed by atoms with Crippen molar-refractivity contribution >= 4 is 129 Å². The molecule has 0 bridgehead atoms. The first-order valence-corrected chi connectivity index (χ1v) is 83.2. The van der Waals surface area contributed by atoms with Gasteiger partial charge in [0, 0.05) is 194 Å². The molecule has 1 aromatic carbocycles. The molecular weight excluding hydrogens is 2000 g/mol. The Balaban J connectivity index is -0.000000225. The van der Waals surface area contributed by atoms with Crippen molar-refractivity contribution < 1.29 is 149 Å². The molecule has 0 radical (unpaired) electrons. The zero-order valence-electron chi connectivity index (χ0n) is 96.3. The Morgan fingerprint density at radius 2 is 0.710 bits per heavy atom. The monoisotopic (exact) mass is 2210 g/mol. The highest BCUT2D eigenvalue weighted by molar-refractivity contribution is 6.80. The van der Waals surface area contributed by atoms with Crippen molar-refractivity contribution in [2.75, 3.05) is 222 Å². The van der Waals surface area contributed by atoms with Crippen molar-refractivity contribution in [3.05, 3.63) is 55.1 Å². The van der Waals surface area contributed by atoms with E-state index in [0.29, 0.717) is 43.2 Å². The second kappa shape index (κ2) is 89.1. The Morgan fingerprint density at radius 1 is 0.391 bits per heavy atom. The highest BCUT2D eigenvalue weighted by Crippen LogP contribution is 2.42. The average molecular weight is 2210 g/mol. The van der Waals surface area contributed by atoms with Gasteiger partial charge in [-0.2, -0.15) is 0 Å². The molecule has 3 heterocycles. The predicted octanol–water partition coefficient (Wildman–Crippen LogP) is 19.3. The third-order valence-corrected chi connectivity index (χ3v) is 53.4. The van der Waals surface area contributed by atoms with Crippen LogP contribution in [0.4, 0.5) is 0 Å². The van der Waals surface area contributed by atoms with Crippen LogP contribution < -0.4 is 5.19 Å². The first kappa shape index (κ1) is 153. The Labute approximate surface area is 858 Å². The summed E-state index contributed by atoms with van der Waals surface area (Å²) in [4.78, 5) is 21.7. The van der Waals surface area contributed by atoms with Gasteiger partial charge in [0.05, 0.1) is 51.8 Å². The van der Waals surface area contributed by atoms with E-state index in [9.17, 15) is 9.59 Å². The van der Waals surface area contributed by atoms with Crippen molar-refractivity contribution in [2.45, 2.75) is 303 Å². The number of unbranched alkanes of at least 4 members (excludes halogenated alkanes) is 5. The van der Waals surface area contributed by atoms with E-state index in [-0.39, 0.29) is 11.9 Å². The van der Waals surface area contributed by atoms with Crippen LogP contribution in [0.5, 0.6) is 0 Å². The molecule has 1 aromatic rings. The van der Waals surface area contributed by atoms with Crippen LogP contribution in [0.25, 0.3) is 0 Å². The molecule has 0 spiro atoms. The maximum atomic E-state index is 11.0. The topological polar surface area (TPSA) is 330 Å². The maximum absolute atomic E-state index is 11.0. The van der Waals surface area contributed by atoms with Gasteiger partial charge in [-0.15, -0.1) is 0 Å². The molecule has 4 fully saturated rings. The number of epoxide rings is 3. The SMILES string of the molecule is C=C(C)C(=O)OCCC[Si](C)(OC)OC.C=CC(=O)OCCC[Si](C)(OC)OC.CCO[Si](C)(C)OCC.CC[Si](C)(OC)OC.CO[SiH](C)OC.CO[Si](C)(C)C.CO[Si](C)(C)C.CO[Si](C)(C)OC.CO[Si](C)(C)OC.CO[Si](C)(CCC1CCC2OC2C1)OC.CO[Si](C)(CCCCCCCCOCC1CO1)OC.CO[Si](C)(CCCOCC1CO1)OC.CO[Si](C)(OC)c1ccccc1. The standard InChI is InChI=1S/C14H30O4Si.C11H22O3Si.C10H20O4Si.C9H20O4Si.C9H18O4Si.C9H14O2Si.C6H16O2Si.C5H14O2Si.2C4H12O2Si.2C4H12OSi.C3H10O2Si/c1-15-19(3,16-2)11-9-7-5-4-6-8-10-17-12-14-13-18-14;1-12-15(3,13-2)7-6-9-4-5-10-11(8-9)14-10;1-9(2)10(11)14-7-6-8-15(5,12-3)13-4;1-10-14(3,11-2)6-4-5-12-7-9-8-13-9;1-5-9(10)13-7-6-8-14(4,11-2)12-3;1-10-12(3,11-2)9-7-5-4-6-8-9;1-5-7-9(3,4)8-6-2;1-5-8(4,6-2)7-3;2*1-5-7(3,4)6-2;2*1-5-6(2,3)4;1-4-6(3)5-2/h14H,4-13H2,1-3H3;9-11H,4-8H2,1-3H3;1,6-8H2,2-5H3;9H,4-8H2,1-3H3;5H,1,6-8H2,2-4H3;4-8H,1-3H3;5-6H2,1-4H3;5H2,1-4H3;2*1-4H3;2*1-4H3;6H,1-3H3. The molecule has 1 saturated carbocycles. The first-order valence-electron chi connectivity index (χ1n) is 48.4. The van der Waals surface area contributed by atoms with Crippen molar-refractivity contribution in [2.24, 2.45) is 5.92 Å². The fraction of sp³-hybridized carbons (Fsp3) is 0.870. The minimum atomic E-state index is -2.07. The smallest absolute Gasteiger partial charge is 0.368 e. The molecule has 3 saturated heterocycles. The lowest BCUT2D eigenvalue weighted by Crippen LogP contribution is -2.49. The fourth-order valence-corrected chi connectivity index (χ4v) is 21.2. The predicted molar refractivity (Wildman–Crippen MR) is 592 cm³/mol. The van der Waals surface area contributed by atoms with Gasteiger partial charge in [-0.05, 0) is 250 Å². The van der Waals surface area contributed by atoms with Gasteiger partial charge >= 0.3 is 107 Å². The highest BCUT2D eigenvalue weighted by atomic mass is 28.4. The molecule has 0 aromatic heterocycles. The molecule has 1 aliphatic carbocycles. The molecule has 0 N–H and O–H groups in total. The number of hydrogen-bond acceptors (Lipinski definition) is 33. The van der Waals surface area contributed by atoms with E-state index in [0.717, 1.165) is 126 Å². The number of carbonyl (C=O) groups excluding carboxylic acids is 2. The van der Waals surface area contributed by atoms with Gasteiger partial charge < -0.3 is 139 Å². The minimum Gasteiger partial charge on any atom is -0.463 e. The summed E-state index contributed by atoms with van der Waals surface area (Å²) >= 11 is 0. The lowest BCUT2D eigenvalue weighted by Gasteiger charge is -2.26. The lowest BCUT2D eigenvalue weighted by atomic mass is 9.88. The van der Waals surface area contributed by atoms with Gasteiger partial charge in [-0.3, -0.25) is 0 Å². The van der Waals surface area contributed by atoms with Crippen molar-refractivity contribution in [1.82, 2.24) is 0 Å². The zero-order chi connectivity index (χ0) is 108. The number of ether oxygens (including phenoxy) is 7. The molecule has 5 unspecified atom stereocenters. The second-order valence-corrected chi connectivity index (χ2v) is 83.8.